The molecule has 0 aliphatic carbocycles. The molecule has 2 N–H and O–H groups in total. The average molecular weight is 479 g/mol. The molecule has 3 aromatic rings. The number of ether oxygens (including phenoxy) is 3. The van der Waals surface area contributed by atoms with E-state index in [1.54, 1.807) is 31.4 Å². The first kappa shape index (κ1) is 22.9. The summed E-state index contributed by atoms with van der Waals surface area (Å²) < 4.78 is 42.0. The number of rotatable bonds is 8. The number of alkyl halides is 2. The first-order valence-electron chi connectivity index (χ1n) is 10.0. The molecule has 2 heterocycles. The average Bonchev–Trinajstić information content (AvgIpc) is 2.79. The Morgan fingerprint density at radius 2 is 1.97 bits per heavy atom. The third kappa shape index (κ3) is 5.40. The van der Waals surface area contributed by atoms with Crippen LogP contribution in [0.1, 0.15) is 17.6 Å². The van der Waals surface area contributed by atoms with Gasteiger partial charge in [-0.15, -0.1) is 0 Å². The SMILES string of the molecule is COc1ccc(COC(=O)NC2(CNc3nc(Cl)nc4ccc(C(F)F)cc34)COC2)cc1. The smallest absolute Gasteiger partial charge is 0.408 e. The number of benzene rings is 2. The van der Waals surface area contributed by atoms with Crippen LogP contribution in [-0.2, 0) is 16.1 Å². The fraction of sp³-hybridized carbons (Fsp3) is 0.318. The van der Waals surface area contributed by atoms with E-state index in [4.69, 9.17) is 25.8 Å². The molecule has 0 spiro atoms. The first-order valence-corrected chi connectivity index (χ1v) is 10.4. The molecule has 0 saturated carbocycles. The van der Waals surface area contributed by atoms with Crippen LogP contribution in [0.2, 0.25) is 5.28 Å². The van der Waals surface area contributed by atoms with Gasteiger partial charge < -0.3 is 24.8 Å². The fourth-order valence-electron chi connectivity index (χ4n) is 3.33. The zero-order valence-corrected chi connectivity index (χ0v) is 18.4. The van der Waals surface area contributed by atoms with Gasteiger partial charge in [0, 0.05) is 17.5 Å². The van der Waals surface area contributed by atoms with Crippen molar-refractivity contribution in [2.24, 2.45) is 0 Å². The van der Waals surface area contributed by atoms with E-state index < -0.39 is 18.1 Å². The molecule has 1 saturated heterocycles. The molecule has 33 heavy (non-hydrogen) atoms. The van der Waals surface area contributed by atoms with Gasteiger partial charge in [-0.2, -0.15) is 0 Å². The number of aromatic nitrogens is 2. The Kier molecular flexibility index (Phi) is 6.75. The predicted molar refractivity (Wildman–Crippen MR) is 118 cm³/mol. The molecule has 8 nitrogen and oxygen atoms in total. The van der Waals surface area contributed by atoms with Crippen LogP contribution in [-0.4, -0.2) is 48.5 Å². The second kappa shape index (κ2) is 9.72. The Labute approximate surface area is 193 Å². The molecule has 0 bridgehead atoms. The molecule has 11 heteroatoms. The lowest BCUT2D eigenvalue weighted by molar-refractivity contribution is -0.0650. The Morgan fingerprint density at radius 1 is 1.21 bits per heavy atom. The Bertz CT molecular complexity index is 1140. The van der Waals surface area contributed by atoms with E-state index in [0.717, 1.165) is 5.56 Å². The number of anilines is 1. The van der Waals surface area contributed by atoms with E-state index in [-0.39, 0.29) is 43.0 Å². The number of hydrogen-bond donors (Lipinski definition) is 2. The third-order valence-electron chi connectivity index (χ3n) is 5.19. The van der Waals surface area contributed by atoms with Crippen molar-refractivity contribution in [2.45, 2.75) is 18.6 Å². The standard InChI is InChI=1S/C22H21ClF2N4O4/c1-31-15-5-2-13(3-6-15)9-33-21(30)29-22(11-32-12-22)10-26-19-16-8-14(18(24)25)4-7-17(16)27-20(23)28-19/h2-8,18H,9-12H2,1H3,(H,29,30)(H,26,27,28). The van der Waals surface area contributed by atoms with Crippen LogP contribution in [0.25, 0.3) is 10.9 Å². The Morgan fingerprint density at radius 3 is 2.61 bits per heavy atom. The molecule has 1 aromatic heterocycles. The van der Waals surface area contributed by atoms with Gasteiger partial charge in [0.1, 0.15) is 23.7 Å². The second-order valence-corrected chi connectivity index (χ2v) is 7.93. The largest absolute Gasteiger partial charge is 0.497 e. The topological polar surface area (TPSA) is 94.6 Å². The van der Waals surface area contributed by atoms with Crippen molar-refractivity contribution >= 4 is 34.4 Å². The highest BCUT2D eigenvalue weighted by atomic mass is 35.5. The number of fused-ring (bicyclic) bond motifs is 1. The van der Waals surface area contributed by atoms with Crippen LogP contribution in [0.4, 0.5) is 19.4 Å². The maximum atomic E-state index is 13.1. The van der Waals surface area contributed by atoms with Gasteiger partial charge in [0.25, 0.3) is 6.43 Å². The number of alkyl carbamates (subject to hydrolysis) is 1. The molecular weight excluding hydrogens is 458 g/mol. The van der Waals surface area contributed by atoms with E-state index >= 15 is 0 Å². The van der Waals surface area contributed by atoms with Crippen molar-refractivity contribution in [3.05, 3.63) is 58.9 Å². The van der Waals surface area contributed by atoms with E-state index in [2.05, 4.69) is 20.6 Å². The maximum Gasteiger partial charge on any atom is 0.408 e. The van der Waals surface area contributed by atoms with Gasteiger partial charge in [-0.05, 0) is 41.4 Å². The van der Waals surface area contributed by atoms with Crippen molar-refractivity contribution in [1.82, 2.24) is 15.3 Å². The summed E-state index contributed by atoms with van der Waals surface area (Å²) in [5, 5.41) is 6.27. The van der Waals surface area contributed by atoms with Crippen molar-refractivity contribution in [3.63, 3.8) is 0 Å². The fourth-order valence-corrected chi connectivity index (χ4v) is 3.51. The molecule has 174 valence electrons. The number of nitrogens with one attached hydrogen (secondary N) is 2. The van der Waals surface area contributed by atoms with Gasteiger partial charge >= 0.3 is 6.09 Å². The quantitative estimate of drug-likeness (QED) is 0.465. The molecule has 1 fully saturated rings. The minimum Gasteiger partial charge on any atom is -0.497 e. The highest BCUT2D eigenvalue weighted by Crippen LogP contribution is 2.28. The van der Waals surface area contributed by atoms with Gasteiger partial charge in [-0.3, -0.25) is 0 Å². The number of halogens is 3. The third-order valence-corrected chi connectivity index (χ3v) is 5.36. The van der Waals surface area contributed by atoms with Crippen LogP contribution in [0, 0.1) is 0 Å². The van der Waals surface area contributed by atoms with Crippen molar-refractivity contribution in [3.8, 4) is 5.75 Å². The molecule has 1 aliphatic heterocycles. The highest BCUT2D eigenvalue weighted by molar-refractivity contribution is 6.28. The van der Waals surface area contributed by atoms with Gasteiger partial charge in [-0.1, -0.05) is 18.2 Å². The van der Waals surface area contributed by atoms with E-state index in [1.165, 1.54) is 18.2 Å². The summed E-state index contributed by atoms with van der Waals surface area (Å²) in [7, 11) is 1.57. The van der Waals surface area contributed by atoms with Crippen LogP contribution in [0.3, 0.4) is 0 Å². The number of methoxy groups -OCH3 is 1. The number of carbonyl (C=O) groups excluding carboxylic acids is 1. The summed E-state index contributed by atoms with van der Waals surface area (Å²) in [5.41, 5.74) is 0.326. The van der Waals surface area contributed by atoms with E-state index in [1.807, 2.05) is 0 Å². The number of carbonyl (C=O) groups is 1. The van der Waals surface area contributed by atoms with Crippen LogP contribution in [0.15, 0.2) is 42.5 Å². The lowest BCUT2D eigenvalue weighted by Gasteiger charge is -2.41. The Balaban J connectivity index is 1.41. The molecule has 1 aliphatic rings. The summed E-state index contributed by atoms with van der Waals surface area (Å²) in [6.07, 6.45) is -3.24. The van der Waals surface area contributed by atoms with Gasteiger partial charge in [-0.25, -0.2) is 23.5 Å². The van der Waals surface area contributed by atoms with E-state index in [9.17, 15) is 13.6 Å². The van der Waals surface area contributed by atoms with Gasteiger partial charge in [0.05, 0.1) is 25.8 Å². The van der Waals surface area contributed by atoms with Gasteiger partial charge in [0.2, 0.25) is 5.28 Å². The second-order valence-electron chi connectivity index (χ2n) is 7.59. The molecule has 0 atom stereocenters. The zero-order valence-electron chi connectivity index (χ0n) is 17.6. The number of nitrogens with zero attached hydrogens (tertiary/aromatic N) is 2. The van der Waals surface area contributed by atoms with Crippen LogP contribution >= 0.6 is 11.6 Å². The minimum absolute atomic E-state index is 0.0273. The minimum atomic E-state index is -2.63. The van der Waals surface area contributed by atoms with Crippen molar-refractivity contribution < 1.29 is 27.8 Å². The lowest BCUT2D eigenvalue weighted by Crippen LogP contribution is -2.65. The van der Waals surface area contributed by atoms with Gasteiger partial charge in [0.15, 0.2) is 0 Å². The Hall–Kier alpha value is -3.24. The normalized spacial score (nSPS) is 14.6. The van der Waals surface area contributed by atoms with Crippen molar-refractivity contribution in [2.75, 3.05) is 32.2 Å². The van der Waals surface area contributed by atoms with Crippen molar-refractivity contribution in [1.29, 1.82) is 0 Å². The molecule has 2 aromatic carbocycles. The summed E-state index contributed by atoms with van der Waals surface area (Å²) in [6, 6.07) is 11.2. The summed E-state index contributed by atoms with van der Waals surface area (Å²) >= 11 is 5.99. The molecule has 0 radical (unpaired) electrons. The number of hydrogen-bond acceptors (Lipinski definition) is 7. The summed E-state index contributed by atoms with van der Waals surface area (Å²) in [5.74, 6) is 0.991. The summed E-state index contributed by atoms with van der Waals surface area (Å²) in [4.78, 5) is 20.6. The number of amides is 1. The monoisotopic (exact) mass is 478 g/mol. The van der Waals surface area contributed by atoms with Crippen LogP contribution in [0.5, 0.6) is 5.75 Å². The zero-order chi connectivity index (χ0) is 23.4. The van der Waals surface area contributed by atoms with E-state index in [0.29, 0.717) is 16.7 Å². The first-order chi connectivity index (χ1) is 15.9. The lowest BCUT2D eigenvalue weighted by atomic mass is 9.97. The molecular formula is C22H21ClF2N4O4. The predicted octanol–water partition coefficient (Wildman–Crippen LogP) is 4.34. The molecule has 1 amide bonds. The molecule has 0 unspecified atom stereocenters. The summed E-state index contributed by atoms with van der Waals surface area (Å²) in [6.45, 7) is 0.794. The highest BCUT2D eigenvalue weighted by Gasteiger charge is 2.40. The maximum absolute atomic E-state index is 13.1. The van der Waals surface area contributed by atoms with Crippen LogP contribution < -0.4 is 15.4 Å². The molecule has 4 rings (SSSR count).